The molecule has 0 aliphatic heterocycles. The van der Waals surface area contributed by atoms with Gasteiger partial charge in [0.1, 0.15) is 39.9 Å². The fourth-order valence-corrected chi connectivity index (χ4v) is 3.68. The van der Waals surface area contributed by atoms with Crippen molar-refractivity contribution < 1.29 is 28.0 Å². The summed E-state index contributed by atoms with van der Waals surface area (Å²) in [6.45, 7) is 10.7. The van der Waals surface area contributed by atoms with Crippen molar-refractivity contribution in [2.45, 2.75) is 59.8 Å². The van der Waals surface area contributed by atoms with Crippen molar-refractivity contribution in [2.75, 3.05) is 5.32 Å². The summed E-state index contributed by atoms with van der Waals surface area (Å²) >= 11 is 0. The molecular weight excluding hydrogens is 531 g/mol. The van der Waals surface area contributed by atoms with Gasteiger partial charge in [0, 0.05) is 23.5 Å². The lowest BCUT2D eigenvalue weighted by Gasteiger charge is -2.19. The van der Waals surface area contributed by atoms with E-state index < -0.39 is 23.4 Å². The van der Waals surface area contributed by atoms with Crippen LogP contribution in [0.15, 0.2) is 53.3 Å². The number of benzene rings is 1. The molecular formula is C29H31FN6O5. The molecule has 3 heterocycles. The molecule has 0 aliphatic carbocycles. The van der Waals surface area contributed by atoms with Crippen molar-refractivity contribution in [3.8, 4) is 28.4 Å². The minimum Gasteiger partial charge on any atom is -0.473 e. The number of hydrogen-bond donors (Lipinski definition) is 2. The van der Waals surface area contributed by atoms with Gasteiger partial charge in [0.15, 0.2) is 0 Å². The second kappa shape index (κ2) is 12.1. The van der Waals surface area contributed by atoms with Crippen molar-refractivity contribution in [3.05, 3.63) is 71.8 Å². The number of halogens is 1. The number of amides is 2. The van der Waals surface area contributed by atoms with Gasteiger partial charge in [-0.3, -0.25) is 4.79 Å². The van der Waals surface area contributed by atoms with E-state index in [1.165, 1.54) is 24.3 Å². The normalized spacial score (nSPS) is 11.3. The maximum Gasteiger partial charge on any atom is 0.408 e. The molecule has 12 heteroatoms. The minimum absolute atomic E-state index is 0.0947. The van der Waals surface area contributed by atoms with Crippen LogP contribution in [-0.4, -0.2) is 43.8 Å². The summed E-state index contributed by atoms with van der Waals surface area (Å²) in [6.07, 6.45) is 2.35. The number of aryl methyl sites for hydroxylation is 1. The molecule has 0 saturated carbocycles. The maximum absolute atomic E-state index is 13.4. The Kier molecular flexibility index (Phi) is 8.60. The van der Waals surface area contributed by atoms with Crippen LogP contribution < -0.4 is 15.4 Å². The zero-order valence-corrected chi connectivity index (χ0v) is 23.6. The predicted octanol–water partition coefficient (Wildman–Crippen LogP) is 5.71. The highest BCUT2D eigenvalue weighted by Gasteiger charge is 2.24. The van der Waals surface area contributed by atoms with Gasteiger partial charge in [-0.25, -0.2) is 24.1 Å². The fraction of sp³-hybridized carbons (Fsp3) is 0.310. The first kappa shape index (κ1) is 29.1. The molecule has 214 valence electrons. The van der Waals surface area contributed by atoms with Crippen LogP contribution in [0.2, 0.25) is 0 Å². The highest BCUT2D eigenvalue weighted by molar-refractivity contribution is 6.09. The van der Waals surface area contributed by atoms with Crippen molar-refractivity contribution in [1.29, 1.82) is 0 Å². The summed E-state index contributed by atoms with van der Waals surface area (Å²) in [5.41, 5.74) is 1.86. The fourth-order valence-electron chi connectivity index (χ4n) is 3.68. The third-order valence-corrected chi connectivity index (χ3v) is 5.45. The molecule has 0 aliphatic rings. The quantitative estimate of drug-likeness (QED) is 0.276. The van der Waals surface area contributed by atoms with E-state index in [4.69, 9.17) is 14.0 Å². The molecule has 0 fully saturated rings. The molecule has 1 aromatic carbocycles. The van der Waals surface area contributed by atoms with E-state index in [1.54, 1.807) is 52.2 Å². The van der Waals surface area contributed by atoms with Crippen molar-refractivity contribution >= 4 is 17.7 Å². The van der Waals surface area contributed by atoms with E-state index in [1.807, 2.05) is 13.8 Å². The first-order chi connectivity index (χ1) is 19.4. The number of rotatable bonds is 8. The second-order valence-corrected chi connectivity index (χ2v) is 10.4. The van der Waals surface area contributed by atoms with Crippen LogP contribution in [-0.2, 0) is 11.3 Å². The molecule has 2 amide bonds. The molecule has 11 nitrogen and oxygen atoms in total. The van der Waals surface area contributed by atoms with E-state index in [2.05, 4.69) is 30.7 Å². The first-order valence-corrected chi connectivity index (χ1v) is 12.9. The average Bonchev–Trinajstić information content (AvgIpc) is 3.29. The highest BCUT2D eigenvalue weighted by atomic mass is 19.1. The van der Waals surface area contributed by atoms with Gasteiger partial charge in [-0.15, -0.1) is 0 Å². The summed E-state index contributed by atoms with van der Waals surface area (Å²) in [6, 6.07) is 8.97. The lowest BCUT2D eigenvalue weighted by Crippen LogP contribution is -2.32. The molecule has 0 bridgehead atoms. The van der Waals surface area contributed by atoms with E-state index in [0.717, 1.165) is 0 Å². The number of anilines is 1. The van der Waals surface area contributed by atoms with Gasteiger partial charge in [0.25, 0.3) is 5.91 Å². The molecule has 0 unspecified atom stereocenters. The lowest BCUT2D eigenvalue weighted by atomic mass is 10.1. The molecule has 4 rings (SSSR count). The molecule has 0 radical (unpaired) electrons. The van der Waals surface area contributed by atoms with Crippen LogP contribution in [0.3, 0.4) is 0 Å². The smallest absolute Gasteiger partial charge is 0.408 e. The van der Waals surface area contributed by atoms with Crippen LogP contribution in [0.4, 0.5) is 14.9 Å². The van der Waals surface area contributed by atoms with E-state index >= 15 is 0 Å². The third-order valence-electron chi connectivity index (χ3n) is 5.45. The number of hydrogen-bond acceptors (Lipinski definition) is 9. The SMILES string of the molecule is Cc1onc(-c2ccc(F)cc2)c1C(=O)Nc1ccc(-c2cnc(CNC(=O)OC(C)(C)C)nc2)nc1OC(C)C. The van der Waals surface area contributed by atoms with Crippen molar-refractivity contribution in [1.82, 2.24) is 25.4 Å². The largest absolute Gasteiger partial charge is 0.473 e. The van der Waals surface area contributed by atoms with Gasteiger partial charge in [0.05, 0.1) is 18.3 Å². The van der Waals surface area contributed by atoms with E-state index in [9.17, 15) is 14.0 Å². The Hall–Kier alpha value is -4.87. The maximum atomic E-state index is 13.4. The third kappa shape index (κ3) is 7.62. The Balaban J connectivity index is 1.53. The van der Waals surface area contributed by atoms with Crippen molar-refractivity contribution in [3.63, 3.8) is 0 Å². The summed E-state index contributed by atoms with van der Waals surface area (Å²) < 4.78 is 29.8. The number of carbonyl (C=O) groups excluding carboxylic acids is 2. The number of carbonyl (C=O) groups is 2. The number of nitrogens with one attached hydrogen (secondary N) is 2. The summed E-state index contributed by atoms with van der Waals surface area (Å²) in [5, 5.41) is 9.44. The Morgan fingerprint density at radius 1 is 1.02 bits per heavy atom. The Bertz CT molecular complexity index is 1530. The van der Waals surface area contributed by atoms with Crippen LogP contribution >= 0.6 is 0 Å². The van der Waals surface area contributed by atoms with Crippen molar-refractivity contribution in [2.24, 2.45) is 0 Å². The van der Waals surface area contributed by atoms with Crippen LogP contribution in [0.25, 0.3) is 22.5 Å². The average molecular weight is 563 g/mol. The van der Waals surface area contributed by atoms with E-state index in [-0.39, 0.29) is 29.8 Å². The van der Waals surface area contributed by atoms with Gasteiger partial charge < -0.3 is 24.6 Å². The van der Waals surface area contributed by atoms with Gasteiger partial charge in [0.2, 0.25) is 5.88 Å². The summed E-state index contributed by atoms with van der Waals surface area (Å²) in [5.74, 6) is -0.00574. The van der Waals surface area contributed by atoms with Gasteiger partial charge >= 0.3 is 6.09 Å². The number of nitrogens with zero attached hydrogens (tertiary/aromatic N) is 4. The molecule has 41 heavy (non-hydrogen) atoms. The molecule has 2 N–H and O–H groups in total. The molecule has 3 aromatic heterocycles. The highest BCUT2D eigenvalue weighted by Crippen LogP contribution is 2.30. The van der Waals surface area contributed by atoms with E-state index in [0.29, 0.717) is 34.1 Å². The van der Waals surface area contributed by atoms with Gasteiger partial charge in [-0.2, -0.15) is 0 Å². The molecule has 0 saturated heterocycles. The minimum atomic E-state index is -0.610. The summed E-state index contributed by atoms with van der Waals surface area (Å²) in [4.78, 5) is 38.4. The second-order valence-electron chi connectivity index (χ2n) is 10.4. The van der Waals surface area contributed by atoms with Crippen LogP contribution in [0.5, 0.6) is 5.88 Å². The molecule has 4 aromatic rings. The number of ether oxygens (including phenoxy) is 2. The monoisotopic (exact) mass is 562 g/mol. The molecule has 0 spiro atoms. The van der Waals surface area contributed by atoms with Crippen LogP contribution in [0, 0.1) is 12.7 Å². The summed E-state index contributed by atoms with van der Waals surface area (Å²) in [7, 11) is 0. The topological polar surface area (TPSA) is 141 Å². The number of alkyl carbamates (subject to hydrolysis) is 1. The predicted molar refractivity (Wildman–Crippen MR) is 149 cm³/mol. The lowest BCUT2D eigenvalue weighted by molar-refractivity contribution is 0.0522. The van der Waals surface area contributed by atoms with Crippen LogP contribution in [0.1, 0.15) is 56.6 Å². The Labute approximate surface area is 236 Å². The zero-order valence-electron chi connectivity index (χ0n) is 23.6. The number of pyridine rings is 1. The standard InChI is InChI=1S/C29H31FN6O5/c1-16(2)39-27-22(34-26(37)24-17(3)41-36-25(24)18-7-9-20(30)10-8-18)12-11-21(35-27)19-13-31-23(32-14-19)15-33-28(38)40-29(4,5)6/h7-14,16H,15H2,1-6H3,(H,33,38)(H,34,37). The van der Waals surface area contributed by atoms with Gasteiger partial charge in [-0.05, 0) is 77.9 Å². The Morgan fingerprint density at radius 2 is 1.71 bits per heavy atom. The molecule has 0 atom stereocenters. The first-order valence-electron chi connectivity index (χ1n) is 12.9. The van der Waals surface area contributed by atoms with Gasteiger partial charge in [-0.1, -0.05) is 5.16 Å². The zero-order chi connectivity index (χ0) is 29.7. The number of aromatic nitrogens is 4. The Morgan fingerprint density at radius 3 is 2.34 bits per heavy atom.